The summed E-state index contributed by atoms with van der Waals surface area (Å²) in [7, 11) is 0. The summed E-state index contributed by atoms with van der Waals surface area (Å²) in [6, 6.07) is 18.5. The molecule has 6 heteroatoms. The van der Waals surface area contributed by atoms with Gasteiger partial charge in [-0.15, -0.1) is 0 Å². The van der Waals surface area contributed by atoms with Crippen molar-refractivity contribution in [1.82, 2.24) is 14.9 Å². The lowest BCUT2D eigenvalue weighted by Gasteiger charge is -2.34. The zero-order valence-corrected chi connectivity index (χ0v) is 16.2. The van der Waals surface area contributed by atoms with Crippen LogP contribution in [0.2, 0.25) is 0 Å². The standard InChI is InChI=1S/C23H24FN5/c24-20-8-10-21(11-9-20)27-22-17-23(26-18-25-22)29-15-13-28(14-16-29)12-4-7-19-5-2-1-3-6-19/h1-11,17-18H,12-16H2,(H,25,26,27)/b7-4+. The average Bonchev–Trinajstić information content (AvgIpc) is 2.77. The molecule has 2 heterocycles. The van der Waals surface area contributed by atoms with Gasteiger partial charge in [0, 0.05) is 44.5 Å². The van der Waals surface area contributed by atoms with E-state index in [2.05, 4.69) is 61.5 Å². The molecule has 29 heavy (non-hydrogen) atoms. The van der Waals surface area contributed by atoms with Gasteiger partial charge in [0.1, 0.15) is 23.8 Å². The molecule has 5 nitrogen and oxygen atoms in total. The van der Waals surface area contributed by atoms with Crippen molar-refractivity contribution in [2.45, 2.75) is 0 Å². The minimum absolute atomic E-state index is 0.254. The zero-order valence-electron chi connectivity index (χ0n) is 16.2. The highest BCUT2D eigenvalue weighted by molar-refractivity contribution is 5.59. The Morgan fingerprint density at radius 1 is 0.931 bits per heavy atom. The van der Waals surface area contributed by atoms with Crippen LogP contribution in [0.1, 0.15) is 5.56 Å². The first kappa shape index (κ1) is 19.1. The molecular formula is C23H24FN5. The van der Waals surface area contributed by atoms with Gasteiger partial charge in [-0.2, -0.15) is 0 Å². The molecule has 1 aliphatic rings. The van der Waals surface area contributed by atoms with Gasteiger partial charge in [0.25, 0.3) is 0 Å². The molecule has 0 unspecified atom stereocenters. The van der Waals surface area contributed by atoms with Crippen molar-refractivity contribution in [3.63, 3.8) is 0 Å². The lowest BCUT2D eigenvalue weighted by atomic mass is 10.2. The van der Waals surface area contributed by atoms with Crippen molar-refractivity contribution >= 4 is 23.4 Å². The Labute approximate surface area is 170 Å². The second-order valence-corrected chi connectivity index (χ2v) is 6.99. The van der Waals surface area contributed by atoms with Crippen molar-refractivity contribution < 1.29 is 4.39 Å². The molecule has 2 aromatic carbocycles. The first-order valence-corrected chi connectivity index (χ1v) is 9.80. The number of hydrogen-bond acceptors (Lipinski definition) is 5. The lowest BCUT2D eigenvalue weighted by molar-refractivity contribution is 0.283. The van der Waals surface area contributed by atoms with E-state index in [0.717, 1.165) is 44.2 Å². The first-order valence-electron chi connectivity index (χ1n) is 9.80. The predicted octanol–water partition coefficient (Wildman–Crippen LogP) is 4.19. The molecular weight excluding hydrogens is 365 g/mol. The third kappa shape index (κ3) is 5.39. The molecule has 1 aromatic heterocycles. The van der Waals surface area contributed by atoms with Crippen molar-refractivity contribution in [2.24, 2.45) is 0 Å². The second-order valence-electron chi connectivity index (χ2n) is 6.99. The van der Waals surface area contributed by atoms with E-state index in [1.54, 1.807) is 18.5 Å². The number of halogens is 1. The number of piperazine rings is 1. The fourth-order valence-electron chi connectivity index (χ4n) is 3.33. The smallest absolute Gasteiger partial charge is 0.135 e. The van der Waals surface area contributed by atoms with Gasteiger partial charge in [0.15, 0.2) is 0 Å². The number of hydrogen-bond donors (Lipinski definition) is 1. The molecule has 0 saturated carbocycles. The molecule has 4 rings (SSSR count). The number of anilines is 3. The van der Waals surface area contributed by atoms with Crippen LogP contribution in [0.3, 0.4) is 0 Å². The monoisotopic (exact) mass is 389 g/mol. The largest absolute Gasteiger partial charge is 0.354 e. The number of benzene rings is 2. The highest BCUT2D eigenvalue weighted by Crippen LogP contribution is 2.20. The summed E-state index contributed by atoms with van der Waals surface area (Å²) >= 11 is 0. The maximum atomic E-state index is 13.1. The number of nitrogens with one attached hydrogen (secondary N) is 1. The third-order valence-electron chi connectivity index (χ3n) is 4.94. The molecule has 1 fully saturated rings. The first-order chi connectivity index (χ1) is 14.3. The van der Waals surface area contributed by atoms with Crippen LogP contribution in [0, 0.1) is 5.82 Å². The summed E-state index contributed by atoms with van der Waals surface area (Å²) in [5, 5.41) is 3.20. The quantitative estimate of drug-likeness (QED) is 0.685. The van der Waals surface area contributed by atoms with Crippen LogP contribution in [-0.4, -0.2) is 47.6 Å². The molecule has 0 atom stereocenters. The summed E-state index contributed by atoms with van der Waals surface area (Å²) in [5.41, 5.74) is 2.03. The number of rotatable bonds is 6. The van der Waals surface area contributed by atoms with E-state index in [1.165, 1.54) is 17.7 Å². The molecule has 3 aromatic rings. The minimum atomic E-state index is -0.254. The van der Waals surface area contributed by atoms with Crippen LogP contribution in [0.5, 0.6) is 0 Å². The molecule has 0 spiro atoms. The molecule has 0 aliphatic carbocycles. The topological polar surface area (TPSA) is 44.3 Å². The van der Waals surface area contributed by atoms with Crippen LogP contribution in [0.4, 0.5) is 21.7 Å². The van der Waals surface area contributed by atoms with E-state index in [4.69, 9.17) is 0 Å². The summed E-state index contributed by atoms with van der Waals surface area (Å²) < 4.78 is 13.1. The molecule has 1 aliphatic heterocycles. The van der Waals surface area contributed by atoms with E-state index in [0.29, 0.717) is 5.82 Å². The maximum Gasteiger partial charge on any atom is 0.135 e. The van der Waals surface area contributed by atoms with Crippen molar-refractivity contribution in [3.8, 4) is 0 Å². The summed E-state index contributed by atoms with van der Waals surface area (Å²) in [6.07, 6.45) is 5.96. The van der Waals surface area contributed by atoms with Gasteiger partial charge in [-0.3, -0.25) is 4.90 Å². The van der Waals surface area contributed by atoms with Gasteiger partial charge in [0.2, 0.25) is 0 Å². The maximum absolute atomic E-state index is 13.1. The number of aromatic nitrogens is 2. The Balaban J connectivity index is 1.30. The van der Waals surface area contributed by atoms with Gasteiger partial charge in [0.05, 0.1) is 0 Å². The van der Waals surface area contributed by atoms with Gasteiger partial charge in [-0.1, -0.05) is 42.5 Å². The Morgan fingerprint density at radius 3 is 2.45 bits per heavy atom. The zero-order chi connectivity index (χ0) is 19.9. The predicted molar refractivity (Wildman–Crippen MR) is 116 cm³/mol. The van der Waals surface area contributed by atoms with Crippen molar-refractivity contribution in [3.05, 3.63) is 84.4 Å². The fourth-order valence-corrected chi connectivity index (χ4v) is 3.33. The van der Waals surface area contributed by atoms with Gasteiger partial charge < -0.3 is 10.2 Å². The second kappa shape index (κ2) is 9.30. The number of nitrogens with zero attached hydrogens (tertiary/aromatic N) is 4. The highest BCUT2D eigenvalue weighted by atomic mass is 19.1. The Morgan fingerprint density at radius 2 is 1.69 bits per heavy atom. The van der Waals surface area contributed by atoms with Crippen molar-refractivity contribution in [1.29, 1.82) is 0 Å². The average molecular weight is 389 g/mol. The van der Waals surface area contributed by atoms with E-state index in [9.17, 15) is 4.39 Å². The van der Waals surface area contributed by atoms with Gasteiger partial charge in [-0.25, -0.2) is 14.4 Å². The van der Waals surface area contributed by atoms with Crippen LogP contribution in [-0.2, 0) is 0 Å². The van der Waals surface area contributed by atoms with E-state index in [1.807, 2.05) is 12.1 Å². The molecule has 148 valence electrons. The van der Waals surface area contributed by atoms with E-state index < -0.39 is 0 Å². The van der Waals surface area contributed by atoms with Crippen LogP contribution in [0.25, 0.3) is 6.08 Å². The summed E-state index contributed by atoms with van der Waals surface area (Å²) in [6.45, 7) is 4.77. The van der Waals surface area contributed by atoms with E-state index >= 15 is 0 Å². The van der Waals surface area contributed by atoms with Crippen LogP contribution < -0.4 is 10.2 Å². The third-order valence-corrected chi connectivity index (χ3v) is 4.94. The molecule has 1 saturated heterocycles. The Bertz CT molecular complexity index is 935. The SMILES string of the molecule is Fc1ccc(Nc2cc(N3CCN(C/C=C/c4ccccc4)CC3)ncn2)cc1. The Kier molecular flexibility index (Phi) is 6.12. The summed E-state index contributed by atoms with van der Waals surface area (Å²) in [4.78, 5) is 13.4. The van der Waals surface area contributed by atoms with Gasteiger partial charge >= 0.3 is 0 Å². The fraction of sp³-hybridized carbons (Fsp3) is 0.217. The highest BCUT2D eigenvalue weighted by Gasteiger charge is 2.17. The minimum Gasteiger partial charge on any atom is -0.354 e. The Hall–Kier alpha value is -3.25. The van der Waals surface area contributed by atoms with Crippen LogP contribution in [0.15, 0.2) is 73.1 Å². The molecule has 1 N–H and O–H groups in total. The summed E-state index contributed by atoms with van der Waals surface area (Å²) in [5.74, 6) is 1.36. The van der Waals surface area contributed by atoms with E-state index in [-0.39, 0.29) is 5.82 Å². The lowest BCUT2D eigenvalue weighted by Crippen LogP contribution is -2.46. The van der Waals surface area contributed by atoms with Gasteiger partial charge in [-0.05, 0) is 29.8 Å². The molecule has 0 radical (unpaired) electrons. The van der Waals surface area contributed by atoms with Crippen LogP contribution >= 0.6 is 0 Å². The normalized spacial score (nSPS) is 15.0. The van der Waals surface area contributed by atoms with Crippen molar-refractivity contribution in [2.75, 3.05) is 42.9 Å². The molecule has 0 amide bonds. The molecule has 0 bridgehead atoms.